The fraction of sp³-hybridized carbons (Fsp3) is 0.667. The van der Waals surface area contributed by atoms with Crippen molar-refractivity contribution in [2.24, 2.45) is 11.1 Å². The van der Waals surface area contributed by atoms with Crippen LogP contribution in [-0.4, -0.2) is 63.9 Å². The molecule has 0 bridgehead atoms. The second-order valence-electron chi connectivity index (χ2n) is 8.05. The number of alkyl halides is 1. The molecular weight excluding hydrogens is 337 g/mol. The summed E-state index contributed by atoms with van der Waals surface area (Å²) in [5, 5.41) is 4.09. The summed E-state index contributed by atoms with van der Waals surface area (Å²) in [6, 6.07) is 0. The fourth-order valence-electron chi connectivity index (χ4n) is 4.38. The van der Waals surface area contributed by atoms with E-state index < -0.39 is 11.3 Å². The minimum atomic E-state index is -1.17. The van der Waals surface area contributed by atoms with E-state index in [1.807, 2.05) is 0 Å². The van der Waals surface area contributed by atoms with Crippen molar-refractivity contribution in [2.75, 3.05) is 31.1 Å². The van der Waals surface area contributed by atoms with Gasteiger partial charge in [-0.05, 0) is 31.6 Å². The molecule has 1 spiro atoms. The number of hydrogen-bond donors (Lipinski definition) is 0. The molecule has 1 aliphatic carbocycles. The standard InChI is InChI=1S/C18H22FN5O2/c19-18(13-2-3-13)11-24(12-18)16(25)14-8-17(26-22-14)4-1-7-23(10-17)15-9-20-5-6-21-15/h5-6,9,13H,1-4,7-8,10-12H2. The molecule has 3 aliphatic heterocycles. The number of amides is 1. The quantitative estimate of drug-likeness (QED) is 0.819. The summed E-state index contributed by atoms with van der Waals surface area (Å²) in [7, 11) is 0. The van der Waals surface area contributed by atoms with Gasteiger partial charge in [-0.25, -0.2) is 9.37 Å². The van der Waals surface area contributed by atoms with Crippen LogP contribution in [0.15, 0.2) is 23.7 Å². The van der Waals surface area contributed by atoms with Crippen molar-refractivity contribution in [2.45, 2.75) is 43.4 Å². The van der Waals surface area contributed by atoms with Crippen LogP contribution in [0, 0.1) is 5.92 Å². The second-order valence-corrected chi connectivity index (χ2v) is 8.05. The van der Waals surface area contributed by atoms with Gasteiger partial charge in [-0.15, -0.1) is 0 Å². The molecule has 1 saturated carbocycles. The maximum atomic E-state index is 14.5. The molecule has 26 heavy (non-hydrogen) atoms. The topological polar surface area (TPSA) is 70.9 Å². The summed E-state index contributed by atoms with van der Waals surface area (Å²) in [6.45, 7) is 1.91. The van der Waals surface area contributed by atoms with Gasteiger partial charge in [-0.3, -0.25) is 9.78 Å². The number of piperidine rings is 1. The lowest BCUT2D eigenvalue weighted by Gasteiger charge is -2.44. The van der Waals surface area contributed by atoms with E-state index in [2.05, 4.69) is 20.0 Å². The van der Waals surface area contributed by atoms with Crippen LogP contribution in [0.2, 0.25) is 0 Å². The number of rotatable bonds is 3. The summed E-state index contributed by atoms with van der Waals surface area (Å²) in [5.41, 5.74) is -1.24. The van der Waals surface area contributed by atoms with E-state index in [9.17, 15) is 9.18 Å². The van der Waals surface area contributed by atoms with Crippen LogP contribution in [0.3, 0.4) is 0 Å². The Labute approximate surface area is 151 Å². The maximum absolute atomic E-state index is 14.5. The van der Waals surface area contributed by atoms with Crippen LogP contribution in [0.25, 0.3) is 0 Å². The molecule has 0 N–H and O–H groups in total. The van der Waals surface area contributed by atoms with Crippen molar-refractivity contribution in [1.29, 1.82) is 0 Å². The highest BCUT2D eigenvalue weighted by molar-refractivity contribution is 6.39. The summed E-state index contributed by atoms with van der Waals surface area (Å²) < 4.78 is 14.5. The first-order valence-electron chi connectivity index (χ1n) is 9.31. The third-order valence-corrected chi connectivity index (χ3v) is 6.00. The van der Waals surface area contributed by atoms with E-state index >= 15 is 0 Å². The van der Waals surface area contributed by atoms with E-state index in [1.165, 1.54) is 0 Å². The van der Waals surface area contributed by atoms with Gasteiger partial charge >= 0.3 is 0 Å². The van der Waals surface area contributed by atoms with Crippen LogP contribution < -0.4 is 4.90 Å². The van der Waals surface area contributed by atoms with Crippen molar-refractivity contribution in [3.63, 3.8) is 0 Å². The normalized spacial score (nSPS) is 30.0. The number of halogens is 1. The zero-order valence-corrected chi connectivity index (χ0v) is 14.6. The Bertz CT molecular complexity index is 747. The van der Waals surface area contributed by atoms with Gasteiger partial charge in [0.2, 0.25) is 0 Å². The molecule has 1 atom stereocenters. The lowest BCUT2D eigenvalue weighted by atomic mass is 9.86. The molecule has 7 nitrogen and oxygen atoms in total. The summed E-state index contributed by atoms with van der Waals surface area (Å²) in [4.78, 5) is 30.6. The average molecular weight is 359 g/mol. The Morgan fingerprint density at radius 3 is 2.85 bits per heavy atom. The molecular formula is C18H22FN5O2. The number of nitrogens with zero attached hydrogens (tertiary/aromatic N) is 5. The molecule has 8 heteroatoms. The first-order valence-corrected chi connectivity index (χ1v) is 9.31. The minimum Gasteiger partial charge on any atom is -0.386 e. The Morgan fingerprint density at radius 2 is 2.12 bits per heavy atom. The first-order chi connectivity index (χ1) is 12.6. The number of hydrogen-bond acceptors (Lipinski definition) is 6. The SMILES string of the molecule is O=C(C1=NOC2(CCCN(c3cnccn3)C2)C1)N1CC(F)(C2CC2)C1. The van der Waals surface area contributed by atoms with E-state index in [1.54, 1.807) is 23.5 Å². The summed E-state index contributed by atoms with van der Waals surface area (Å²) >= 11 is 0. The summed E-state index contributed by atoms with van der Waals surface area (Å²) in [6.07, 6.45) is 9.21. The number of likely N-dealkylation sites (tertiary alicyclic amines) is 1. The summed E-state index contributed by atoms with van der Waals surface area (Å²) in [5.74, 6) is 0.787. The fourth-order valence-corrected chi connectivity index (χ4v) is 4.38. The maximum Gasteiger partial charge on any atom is 0.272 e. The van der Waals surface area contributed by atoms with Crippen molar-refractivity contribution in [3.05, 3.63) is 18.6 Å². The van der Waals surface area contributed by atoms with Gasteiger partial charge in [-0.1, -0.05) is 5.16 Å². The minimum absolute atomic E-state index is 0.151. The van der Waals surface area contributed by atoms with Crippen LogP contribution in [0.4, 0.5) is 10.2 Å². The highest BCUT2D eigenvalue weighted by atomic mass is 19.1. The van der Waals surface area contributed by atoms with Gasteiger partial charge in [0, 0.05) is 25.4 Å². The molecule has 0 aromatic carbocycles. The van der Waals surface area contributed by atoms with Crippen LogP contribution in [0.5, 0.6) is 0 Å². The largest absolute Gasteiger partial charge is 0.386 e. The smallest absolute Gasteiger partial charge is 0.272 e. The predicted molar refractivity (Wildman–Crippen MR) is 92.5 cm³/mol. The molecule has 1 aromatic heterocycles. The Kier molecular flexibility index (Phi) is 3.45. The monoisotopic (exact) mass is 359 g/mol. The van der Waals surface area contributed by atoms with Crippen molar-refractivity contribution in [1.82, 2.24) is 14.9 Å². The molecule has 1 aromatic rings. The van der Waals surface area contributed by atoms with Gasteiger partial charge in [0.05, 0.1) is 25.8 Å². The number of anilines is 1. The number of aromatic nitrogens is 2. The number of oxime groups is 1. The highest BCUT2D eigenvalue weighted by Gasteiger charge is 2.56. The average Bonchev–Trinajstić information content (AvgIpc) is 3.42. The molecule has 4 heterocycles. The Hall–Kier alpha value is -2.25. The third kappa shape index (κ3) is 2.62. The lowest BCUT2D eigenvalue weighted by molar-refractivity contribution is -0.139. The highest BCUT2D eigenvalue weighted by Crippen LogP contribution is 2.47. The van der Waals surface area contributed by atoms with E-state index in [4.69, 9.17) is 4.84 Å². The van der Waals surface area contributed by atoms with Crippen LogP contribution in [0.1, 0.15) is 32.1 Å². The molecule has 1 unspecified atom stereocenters. The molecule has 5 rings (SSSR count). The van der Waals surface area contributed by atoms with E-state index in [0.717, 1.165) is 38.0 Å². The van der Waals surface area contributed by atoms with Crippen molar-refractivity contribution in [3.8, 4) is 0 Å². The van der Waals surface area contributed by atoms with Crippen LogP contribution >= 0.6 is 0 Å². The number of carbonyl (C=O) groups is 1. The Balaban J connectivity index is 1.23. The van der Waals surface area contributed by atoms with Gasteiger partial charge in [0.15, 0.2) is 5.60 Å². The van der Waals surface area contributed by atoms with Crippen LogP contribution in [-0.2, 0) is 9.63 Å². The zero-order valence-electron chi connectivity index (χ0n) is 14.6. The predicted octanol–water partition coefficient (Wildman–Crippen LogP) is 1.55. The van der Waals surface area contributed by atoms with E-state index in [0.29, 0.717) is 18.7 Å². The van der Waals surface area contributed by atoms with Crippen molar-refractivity contribution >= 4 is 17.4 Å². The van der Waals surface area contributed by atoms with Gasteiger partial charge < -0.3 is 14.6 Å². The third-order valence-electron chi connectivity index (χ3n) is 6.00. The van der Waals surface area contributed by atoms with Gasteiger partial charge in [0.1, 0.15) is 17.2 Å². The molecule has 4 aliphatic rings. The van der Waals surface area contributed by atoms with Crippen molar-refractivity contribution < 1.29 is 14.0 Å². The lowest BCUT2D eigenvalue weighted by Crippen LogP contribution is -2.63. The number of carbonyl (C=O) groups excluding carboxylic acids is 1. The molecule has 2 saturated heterocycles. The first kappa shape index (κ1) is 16.0. The van der Waals surface area contributed by atoms with Gasteiger partial charge in [0.25, 0.3) is 5.91 Å². The zero-order chi connectivity index (χ0) is 17.8. The molecule has 0 radical (unpaired) electrons. The Morgan fingerprint density at radius 1 is 1.27 bits per heavy atom. The van der Waals surface area contributed by atoms with Gasteiger partial charge in [-0.2, -0.15) is 0 Å². The second kappa shape index (κ2) is 5.62. The molecule has 3 fully saturated rings. The molecule has 138 valence electrons. The van der Waals surface area contributed by atoms with E-state index in [-0.39, 0.29) is 24.9 Å². The molecule has 1 amide bonds.